The van der Waals surface area contributed by atoms with E-state index in [0.717, 1.165) is 0 Å². The third-order valence-corrected chi connectivity index (χ3v) is 2.49. The third-order valence-electron chi connectivity index (χ3n) is 2.49. The number of rotatable bonds is 5. The molecule has 1 heterocycles. The Morgan fingerprint density at radius 1 is 1.00 bits per heavy atom. The fourth-order valence-electron chi connectivity index (χ4n) is 1.53. The average molecular weight is 270 g/mol. The molecule has 0 atom stereocenters. The number of carbonyl (C=O) groups excluding carboxylic acids is 2. The number of carbonyl (C=O) groups is 2. The van der Waals surface area contributed by atoms with Crippen molar-refractivity contribution < 1.29 is 9.59 Å². The number of nitrogens with zero attached hydrogens (tertiary/aromatic N) is 2. The summed E-state index contributed by atoms with van der Waals surface area (Å²) in [6.07, 6.45) is 3.25. The summed E-state index contributed by atoms with van der Waals surface area (Å²) < 4.78 is 0. The van der Waals surface area contributed by atoms with Crippen LogP contribution in [0.3, 0.4) is 0 Å². The van der Waals surface area contributed by atoms with Gasteiger partial charge < -0.3 is 5.32 Å². The molecule has 0 fully saturated rings. The summed E-state index contributed by atoms with van der Waals surface area (Å²) in [5, 5.41) is 5.22. The molecule has 0 radical (unpaired) electrons. The van der Waals surface area contributed by atoms with Gasteiger partial charge in [0.2, 0.25) is 11.9 Å². The zero-order valence-electron chi connectivity index (χ0n) is 10.7. The van der Waals surface area contributed by atoms with E-state index in [4.69, 9.17) is 0 Å². The summed E-state index contributed by atoms with van der Waals surface area (Å²) in [5.41, 5.74) is 0.569. The normalized spacial score (nSPS) is 9.80. The SMILES string of the molecule is O=C(CCNC(=O)c1ccccc1)Nc1ncccn1. The van der Waals surface area contributed by atoms with E-state index >= 15 is 0 Å². The highest BCUT2D eigenvalue weighted by Gasteiger charge is 2.06. The fraction of sp³-hybridized carbons (Fsp3) is 0.143. The van der Waals surface area contributed by atoms with E-state index in [2.05, 4.69) is 20.6 Å². The highest BCUT2D eigenvalue weighted by Crippen LogP contribution is 1.98. The molecule has 1 aromatic heterocycles. The lowest BCUT2D eigenvalue weighted by Gasteiger charge is -2.05. The molecule has 2 aromatic rings. The predicted molar refractivity (Wildman–Crippen MR) is 74.1 cm³/mol. The van der Waals surface area contributed by atoms with Crippen LogP contribution in [0.1, 0.15) is 16.8 Å². The van der Waals surface area contributed by atoms with Crippen LogP contribution in [-0.2, 0) is 4.79 Å². The molecule has 6 heteroatoms. The van der Waals surface area contributed by atoms with Crippen LogP contribution in [0.4, 0.5) is 5.95 Å². The maximum atomic E-state index is 11.7. The first kappa shape index (κ1) is 13.7. The van der Waals surface area contributed by atoms with Crippen molar-refractivity contribution >= 4 is 17.8 Å². The Balaban J connectivity index is 1.73. The second-order valence-electron chi connectivity index (χ2n) is 3.99. The van der Waals surface area contributed by atoms with Crippen molar-refractivity contribution in [2.75, 3.05) is 11.9 Å². The van der Waals surface area contributed by atoms with Crippen LogP contribution >= 0.6 is 0 Å². The zero-order chi connectivity index (χ0) is 14.2. The number of hydrogen-bond donors (Lipinski definition) is 2. The van der Waals surface area contributed by atoms with E-state index in [0.29, 0.717) is 5.56 Å². The lowest BCUT2D eigenvalue weighted by molar-refractivity contribution is -0.116. The third kappa shape index (κ3) is 4.16. The minimum atomic E-state index is -0.246. The van der Waals surface area contributed by atoms with Gasteiger partial charge in [-0.15, -0.1) is 0 Å². The van der Waals surface area contributed by atoms with Gasteiger partial charge in [0.15, 0.2) is 0 Å². The molecule has 0 aliphatic rings. The number of aromatic nitrogens is 2. The summed E-state index contributed by atoms with van der Waals surface area (Å²) in [4.78, 5) is 31.1. The molecule has 0 saturated carbocycles. The van der Waals surface area contributed by atoms with Gasteiger partial charge in [0.25, 0.3) is 5.91 Å². The molecule has 2 N–H and O–H groups in total. The number of nitrogens with one attached hydrogen (secondary N) is 2. The summed E-state index contributed by atoms with van der Waals surface area (Å²) >= 11 is 0. The minimum absolute atomic E-state index is 0.164. The van der Waals surface area contributed by atoms with Crippen molar-refractivity contribution in [3.05, 3.63) is 54.4 Å². The van der Waals surface area contributed by atoms with Gasteiger partial charge >= 0.3 is 0 Å². The molecule has 102 valence electrons. The predicted octanol–water partition coefficient (Wildman–Crippen LogP) is 1.24. The lowest BCUT2D eigenvalue weighted by Crippen LogP contribution is -2.27. The molecule has 2 amide bonds. The van der Waals surface area contributed by atoms with Crippen molar-refractivity contribution in [2.45, 2.75) is 6.42 Å². The summed E-state index contributed by atoms with van der Waals surface area (Å²) in [6, 6.07) is 10.5. The Morgan fingerprint density at radius 2 is 1.70 bits per heavy atom. The van der Waals surface area contributed by atoms with Crippen LogP contribution in [-0.4, -0.2) is 28.3 Å². The molecule has 0 unspecified atom stereocenters. The van der Waals surface area contributed by atoms with Gasteiger partial charge in [-0.1, -0.05) is 18.2 Å². The van der Waals surface area contributed by atoms with Gasteiger partial charge in [0, 0.05) is 30.9 Å². The molecule has 0 aliphatic carbocycles. The van der Waals surface area contributed by atoms with Crippen LogP contribution in [0.2, 0.25) is 0 Å². The van der Waals surface area contributed by atoms with E-state index in [1.165, 1.54) is 0 Å². The van der Waals surface area contributed by atoms with Crippen LogP contribution in [0.15, 0.2) is 48.8 Å². The fourth-order valence-corrected chi connectivity index (χ4v) is 1.53. The highest BCUT2D eigenvalue weighted by atomic mass is 16.2. The van der Waals surface area contributed by atoms with Gasteiger partial charge in [-0.25, -0.2) is 9.97 Å². The monoisotopic (exact) mass is 270 g/mol. The van der Waals surface area contributed by atoms with Gasteiger partial charge in [0.05, 0.1) is 0 Å². The van der Waals surface area contributed by atoms with E-state index in [-0.39, 0.29) is 30.7 Å². The first-order chi connectivity index (χ1) is 9.75. The standard InChI is InChI=1S/C14H14N4O2/c19-12(18-14-16-8-4-9-17-14)7-10-15-13(20)11-5-2-1-3-6-11/h1-6,8-9H,7,10H2,(H,15,20)(H,16,17,18,19). The van der Waals surface area contributed by atoms with E-state index in [1.807, 2.05) is 6.07 Å². The molecule has 2 rings (SSSR count). The Kier molecular flexibility index (Phi) is 4.77. The zero-order valence-corrected chi connectivity index (χ0v) is 10.7. The number of benzene rings is 1. The van der Waals surface area contributed by atoms with Crippen molar-refractivity contribution in [2.24, 2.45) is 0 Å². The van der Waals surface area contributed by atoms with Crippen molar-refractivity contribution in [1.82, 2.24) is 15.3 Å². The number of amides is 2. The van der Waals surface area contributed by atoms with Crippen molar-refractivity contribution in [3.8, 4) is 0 Å². The lowest BCUT2D eigenvalue weighted by atomic mass is 10.2. The molecule has 0 bridgehead atoms. The van der Waals surface area contributed by atoms with Crippen LogP contribution in [0, 0.1) is 0 Å². The van der Waals surface area contributed by atoms with Gasteiger partial charge in [-0.05, 0) is 18.2 Å². The molecule has 0 saturated heterocycles. The van der Waals surface area contributed by atoms with Crippen LogP contribution < -0.4 is 10.6 Å². The molecule has 20 heavy (non-hydrogen) atoms. The summed E-state index contributed by atoms with van der Waals surface area (Å²) in [5.74, 6) is -0.189. The van der Waals surface area contributed by atoms with Gasteiger partial charge in [-0.3, -0.25) is 14.9 Å². The van der Waals surface area contributed by atoms with E-state index < -0.39 is 0 Å². The van der Waals surface area contributed by atoms with Crippen LogP contribution in [0.5, 0.6) is 0 Å². The molecular formula is C14H14N4O2. The Labute approximate surface area is 116 Å². The number of anilines is 1. The molecule has 1 aromatic carbocycles. The largest absolute Gasteiger partial charge is 0.352 e. The van der Waals surface area contributed by atoms with E-state index in [9.17, 15) is 9.59 Å². The average Bonchev–Trinajstić information content (AvgIpc) is 2.49. The maximum Gasteiger partial charge on any atom is 0.251 e. The smallest absolute Gasteiger partial charge is 0.251 e. The quantitative estimate of drug-likeness (QED) is 0.856. The van der Waals surface area contributed by atoms with E-state index in [1.54, 1.807) is 42.7 Å². The maximum absolute atomic E-state index is 11.7. The minimum Gasteiger partial charge on any atom is -0.352 e. The van der Waals surface area contributed by atoms with Gasteiger partial charge in [-0.2, -0.15) is 0 Å². The Hall–Kier alpha value is -2.76. The van der Waals surface area contributed by atoms with Crippen LogP contribution in [0.25, 0.3) is 0 Å². The topological polar surface area (TPSA) is 84.0 Å². The Bertz CT molecular complexity index is 572. The van der Waals surface area contributed by atoms with Crippen molar-refractivity contribution in [1.29, 1.82) is 0 Å². The molecule has 6 nitrogen and oxygen atoms in total. The summed E-state index contributed by atoms with van der Waals surface area (Å²) in [7, 11) is 0. The molecule has 0 spiro atoms. The second-order valence-corrected chi connectivity index (χ2v) is 3.99. The second kappa shape index (κ2) is 6.98. The highest BCUT2D eigenvalue weighted by molar-refractivity contribution is 5.94. The Morgan fingerprint density at radius 3 is 2.40 bits per heavy atom. The molecular weight excluding hydrogens is 256 g/mol. The first-order valence-electron chi connectivity index (χ1n) is 6.16. The first-order valence-corrected chi connectivity index (χ1v) is 6.16. The molecule has 0 aliphatic heterocycles. The summed E-state index contributed by atoms with van der Waals surface area (Å²) in [6.45, 7) is 0.256. The van der Waals surface area contributed by atoms with Gasteiger partial charge in [0.1, 0.15) is 0 Å². The number of hydrogen-bond acceptors (Lipinski definition) is 4. The van der Waals surface area contributed by atoms with Crippen molar-refractivity contribution in [3.63, 3.8) is 0 Å².